The lowest BCUT2D eigenvalue weighted by molar-refractivity contribution is 0.438. The first-order valence-electron chi connectivity index (χ1n) is 6.33. The first-order valence-corrected chi connectivity index (χ1v) is 10.1. The smallest absolute Gasteiger partial charge is 0.335 e. The van der Waals surface area contributed by atoms with Gasteiger partial charge < -0.3 is 8.83 Å². The summed E-state index contributed by atoms with van der Waals surface area (Å²) in [4.78, 5) is 0. The van der Waals surface area contributed by atoms with Crippen molar-refractivity contribution in [3.05, 3.63) is 24.3 Å². The Kier molecular flexibility index (Phi) is 3.72. The van der Waals surface area contributed by atoms with E-state index in [1.165, 1.54) is 0 Å². The minimum atomic E-state index is -3.65. The van der Waals surface area contributed by atoms with E-state index in [1.54, 1.807) is 24.3 Å². The topological polar surface area (TPSA) is 146 Å². The molecule has 0 spiro atoms. The maximum atomic E-state index is 11.4. The Bertz CT molecular complexity index is 1020. The summed E-state index contributed by atoms with van der Waals surface area (Å²) >= 11 is 0. The molecule has 0 aliphatic carbocycles. The fraction of sp³-hybridized carbons (Fsp3) is 0.167. The van der Waals surface area contributed by atoms with E-state index in [-0.39, 0.29) is 11.8 Å². The highest BCUT2D eigenvalue weighted by atomic mass is 32.2. The van der Waals surface area contributed by atoms with Gasteiger partial charge in [0, 0.05) is 12.5 Å². The van der Waals surface area contributed by atoms with E-state index in [0.717, 1.165) is 12.5 Å². The van der Waals surface area contributed by atoms with Gasteiger partial charge in [0.25, 0.3) is 0 Å². The normalized spacial score (nSPS) is 12.4. The van der Waals surface area contributed by atoms with Crippen LogP contribution in [0, 0.1) is 0 Å². The fourth-order valence-electron chi connectivity index (χ4n) is 1.79. The molecule has 0 N–H and O–H groups in total. The van der Waals surface area contributed by atoms with Crippen LogP contribution in [0.1, 0.15) is 0 Å². The van der Waals surface area contributed by atoms with Crippen molar-refractivity contribution in [2.75, 3.05) is 12.5 Å². The number of hydrogen-bond donors (Lipinski definition) is 0. The number of benzene rings is 1. The molecule has 0 aliphatic heterocycles. The summed E-state index contributed by atoms with van der Waals surface area (Å²) in [5.74, 6) is -0.157. The minimum absolute atomic E-state index is 0.0786. The molecule has 2 heterocycles. The zero-order valence-electron chi connectivity index (χ0n) is 12.4. The average molecular weight is 370 g/mol. The number of sulfone groups is 2. The highest BCUT2D eigenvalue weighted by molar-refractivity contribution is 7.90. The van der Waals surface area contributed by atoms with E-state index in [4.69, 9.17) is 8.83 Å². The second-order valence-corrected chi connectivity index (χ2v) is 8.62. The highest BCUT2D eigenvalue weighted by Gasteiger charge is 2.23. The molecule has 0 unspecified atom stereocenters. The minimum Gasteiger partial charge on any atom is -0.408 e. The monoisotopic (exact) mass is 370 g/mol. The summed E-state index contributed by atoms with van der Waals surface area (Å²) in [5, 5.41) is 13.3. The van der Waals surface area contributed by atoms with Crippen molar-refractivity contribution >= 4 is 19.7 Å². The molecule has 10 nitrogen and oxygen atoms in total. The molecule has 126 valence electrons. The summed E-state index contributed by atoms with van der Waals surface area (Å²) in [7, 11) is -7.31. The molecule has 0 saturated carbocycles. The molecule has 0 aliphatic rings. The Morgan fingerprint density at radius 2 is 1.08 bits per heavy atom. The molecule has 0 fully saturated rings. The van der Waals surface area contributed by atoms with Crippen molar-refractivity contribution in [1.82, 2.24) is 20.4 Å². The van der Waals surface area contributed by atoms with Gasteiger partial charge in [-0.3, -0.25) is 0 Å². The predicted octanol–water partition coefficient (Wildman–Crippen LogP) is 0.594. The Balaban J connectivity index is 2.12. The van der Waals surface area contributed by atoms with Gasteiger partial charge >= 0.3 is 10.4 Å². The number of rotatable bonds is 4. The number of aromatic nitrogens is 4. The predicted molar refractivity (Wildman–Crippen MR) is 79.2 cm³/mol. The zero-order valence-corrected chi connectivity index (χ0v) is 14.0. The Morgan fingerprint density at radius 3 is 1.38 bits per heavy atom. The third-order valence-corrected chi connectivity index (χ3v) is 4.43. The number of hydrogen-bond acceptors (Lipinski definition) is 10. The molecule has 12 heteroatoms. The standard InChI is InChI=1S/C12H10N4O6S2/c1-23(17,18)11-15-13-9(21-11)7-5-3-4-6-8(7)10-14-16-12(22-10)24(2,19)20/h3-6H,1-2H3. The third kappa shape index (κ3) is 3.05. The van der Waals surface area contributed by atoms with E-state index < -0.39 is 30.1 Å². The van der Waals surface area contributed by atoms with Gasteiger partial charge in [-0.1, -0.05) is 22.3 Å². The molecular weight excluding hydrogens is 360 g/mol. The van der Waals surface area contributed by atoms with Crippen LogP contribution in [0.25, 0.3) is 22.9 Å². The van der Waals surface area contributed by atoms with E-state index in [2.05, 4.69) is 20.4 Å². The summed E-state index contributed by atoms with van der Waals surface area (Å²) in [6.45, 7) is 0. The van der Waals surface area contributed by atoms with Crippen molar-refractivity contribution in [3.63, 3.8) is 0 Å². The second kappa shape index (κ2) is 5.49. The summed E-state index contributed by atoms with van der Waals surface area (Å²) in [5.41, 5.74) is 0.646. The van der Waals surface area contributed by atoms with Crippen molar-refractivity contribution in [2.24, 2.45) is 0 Å². The molecule has 0 bridgehead atoms. The van der Waals surface area contributed by atoms with Crippen molar-refractivity contribution in [1.29, 1.82) is 0 Å². The van der Waals surface area contributed by atoms with Crippen LogP contribution >= 0.6 is 0 Å². The van der Waals surface area contributed by atoms with Gasteiger partial charge in [0.05, 0.1) is 11.1 Å². The van der Waals surface area contributed by atoms with Crippen LogP contribution in [0.4, 0.5) is 0 Å². The van der Waals surface area contributed by atoms with E-state index in [1.807, 2.05) is 0 Å². The molecule has 2 aromatic heterocycles. The number of nitrogens with zero attached hydrogens (tertiary/aromatic N) is 4. The van der Waals surface area contributed by atoms with Crippen LogP contribution in [0.5, 0.6) is 0 Å². The maximum absolute atomic E-state index is 11.4. The van der Waals surface area contributed by atoms with Gasteiger partial charge in [-0.15, -0.1) is 10.2 Å². The molecule has 1 aromatic carbocycles. The van der Waals surface area contributed by atoms with E-state index in [9.17, 15) is 16.8 Å². The fourth-order valence-corrected chi connectivity index (χ4v) is 2.63. The van der Waals surface area contributed by atoms with Gasteiger partial charge in [-0.2, -0.15) is 0 Å². The van der Waals surface area contributed by atoms with Gasteiger partial charge in [0.15, 0.2) is 0 Å². The van der Waals surface area contributed by atoms with Crippen molar-refractivity contribution < 1.29 is 25.7 Å². The summed E-state index contributed by atoms with van der Waals surface area (Å²) in [6.07, 6.45) is 1.87. The Morgan fingerprint density at radius 1 is 0.708 bits per heavy atom. The molecule has 0 radical (unpaired) electrons. The molecule has 3 aromatic rings. The highest BCUT2D eigenvalue weighted by Crippen LogP contribution is 2.31. The summed E-state index contributed by atoms with van der Waals surface area (Å²) < 4.78 is 56.1. The molecule has 24 heavy (non-hydrogen) atoms. The zero-order chi connectivity index (χ0) is 17.5. The van der Waals surface area contributed by atoms with Crippen molar-refractivity contribution in [2.45, 2.75) is 10.4 Å². The quantitative estimate of drug-likeness (QED) is 0.639. The molecule has 3 rings (SSSR count). The van der Waals surface area contributed by atoms with Gasteiger partial charge in [0.2, 0.25) is 31.5 Å². The third-order valence-electron chi connectivity index (χ3n) is 2.84. The molecule has 0 saturated heterocycles. The van der Waals surface area contributed by atoms with Crippen LogP contribution in [0.2, 0.25) is 0 Å². The molecule has 0 amide bonds. The Hall–Kier alpha value is -2.60. The van der Waals surface area contributed by atoms with Crippen LogP contribution in [-0.2, 0) is 19.7 Å². The van der Waals surface area contributed by atoms with Gasteiger partial charge in [0.1, 0.15) is 0 Å². The van der Waals surface area contributed by atoms with Crippen LogP contribution in [0.15, 0.2) is 43.5 Å². The van der Waals surface area contributed by atoms with Crippen LogP contribution < -0.4 is 0 Å². The molecular formula is C12H10N4O6S2. The molecule has 0 atom stereocenters. The van der Waals surface area contributed by atoms with E-state index in [0.29, 0.717) is 11.1 Å². The van der Waals surface area contributed by atoms with Crippen LogP contribution in [-0.4, -0.2) is 49.7 Å². The van der Waals surface area contributed by atoms with E-state index >= 15 is 0 Å². The van der Waals surface area contributed by atoms with Crippen LogP contribution in [0.3, 0.4) is 0 Å². The Labute approximate surface area is 136 Å². The lowest BCUT2D eigenvalue weighted by Gasteiger charge is -2.01. The first-order chi connectivity index (χ1) is 11.2. The SMILES string of the molecule is CS(=O)(=O)c1nnc(-c2ccccc2-c2nnc(S(C)(=O)=O)o2)o1. The second-order valence-electron chi connectivity index (χ2n) is 4.84. The van der Waals surface area contributed by atoms with Gasteiger partial charge in [-0.05, 0) is 12.1 Å². The average Bonchev–Trinajstić information content (AvgIpc) is 3.16. The first kappa shape index (κ1) is 16.3. The maximum Gasteiger partial charge on any atom is 0.335 e. The van der Waals surface area contributed by atoms with Crippen molar-refractivity contribution in [3.8, 4) is 22.9 Å². The lowest BCUT2D eigenvalue weighted by Crippen LogP contribution is -1.96. The lowest BCUT2D eigenvalue weighted by atomic mass is 10.1. The summed E-state index contributed by atoms with van der Waals surface area (Å²) in [6, 6.07) is 6.44. The van der Waals surface area contributed by atoms with Gasteiger partial charge in [-0.25, -0.2) is 16.8 Å². The largest absolute Gasteiger partial charge is 0.408 e.